The molecule has 0 unspecified atom stereocenters. The number of carbonyl (C=O) groups excluding carboxylic acids is 1. The Kier molecular flexibility index (Phi) is 6.48. The van der Waals surface area contributed by atoms with E-state index in [1.54, 1.807) is 6.07 Å². The van der Waals surface area contributed by atoms with Crippen molar-refractivity contribution in [1.29, 1.82) is 0 Å². The molecule has 0 radical (unpaired) electrons. The predicted molar refractivity (Wildman–Crippen MR) is 105 cm³/mol. The zero-order valence-corrected chi connectivity index (χ0v) is 16.6. The van der Waals surface area contributed by atoms with Gasteiger partial charge in [-0.05, 0) is 79.6 Å². The number of anilines is 1. The highest BCUT2D eigenvalue weighted by atomic mass is 127. The van der Waals surface area contributed by atoms with Crippen LogP contribution in [0.1, 0.15) is 35.3 Å². The average molecular weight is 439 g/mol. The van der Waals surface area contributed by atoms with Crippen LogP contribution in [-0.4, -0.2) is 19.1 Å². The van der Waals surface area contributed by atoms with Crippen LogP contribution in [0.2, 0.25) is 0 Å². The molecule has 2 rings (SSSR count). The van der Waals surface area contributed by atoms with Crippen molar-refractivity contribution in [3.8, 4) is 11.5 Å². The molecule has 2 aromatic rings. The van der Waals surface area contributed by atoms with Crippen LogP contribution in [0.15, 0.2) is 30.3 Å². The van der Waals surface area contributed by atoms with Crippen LogP contribution in [0.4, 0.5) is 5.69 Å². The first-order valence-electron chi connectivity index (χ1n) is 7.94. The number of halogens is 1. The SMILES string of the molecule is CCOc1cc(C(=O)Nc2cc(C)ccc2C)cc(I)c1OCC. The predicted octanol–water partition coefficient (Wildman–Crippen LogP) is 4.96. The van der Waals surface area contributed by atoms with Gasteiger partial charge in [0.1, 0.15) is 0 Å². The summed E-state index contributed by atoms with van der Waals surface area (Å²) < 4.78 is 12.1. The third kappa shape index (κ3) is 4.41. The zero-order valence-electron chi connectivity index (χ0n) is 14.4. The van der Waals surface area contributed by atoms with E-state index < -0.39 is 0 Å². The molecule has 1 N–H and O–H groups in total. The maximum atomic E-state index is 12.6. The van der Waals surface area contributed by atoms with Gasteiger partial charge in [-0.25, -0.2) is 0 Å². The summed E-state index contributed by atoms with van der Waals surface area (Å²) in [6.07, 6.45) is 0. The molecule has 0 atom stereocenters. The largest absolute Gasteiger partial charge is 0.490 e. The maximum absolute atomic E-state index is 12.6. The number of hydrogen-bond acceptors (Lipinski definition) is 3. The highest BCUT2D eigenvalue weighted by Gasteiger charge is 2.16. The van der Waals surface area contributed by atoms with Crippen molar-refractivity contribution in [3.05, 3.63) is 50.6 Å². The lowest BCUT2D eigenvalue weighted by atomic mass is 10.1. The molecule has 4 nitrogen and oxygen atoms in total. The molecule has 0 saturated heterocycles. The van der Waals surface area contributed by atoms with E-state index in [9.17, 15) is 4.79 Å². The van der Waals surface area contributed by atoms with Crippen LogP contribution in [0, 0.1) is 17.4 Å². The summed E-state index contributed by atoms with van der Waals surface area (Å²) in [7, 11) is 0. The lowest BCUT2D eigenvalue weighted by Crippen LogP contribution is -2.14. The Balaban J connectivity index is 2.33. The van der Waals surface area contributed by atoms with Crippen LogP contribution < -0.4 is 14.8 Å². The minimum atomic E-state index is -0.161. The fourth-order valence-electron chi connectivity index (χ4n) is 2.31. The van der Waals surface area contributed by atoms with Crippen LogP contribution in [0.5, 0.6) is 11.5 Å². The molecule has 0 aliphatic rings. The summed E-state index contributed by atoms with van der Waals surface area (Å²) >= 11 is 2.17. The number of nitrogens with one attached hydrogen (secondary N) is 1. The molecule has 0 heterocycles. The summed E-state index contributed by atoms with van der Waals surface area (Å²) in [6.45, 7) is 8.87. The van der Waals surface area contributed by atoms with Crippen molar-refractivity contribution in [2.75, 3.05) is 18.5 Å². The number of benzene rings is 2. The highest BCUT2D eigenvalue weighted by molar-refractivity contribution is 14.1. The van der Waals surface area contributed by atoms with E-state index in [1.165, 1.54) is 0 Å². The zero-order chi connectivity index (χ0) is 17.7. The van der Waals surface area contributed by atoms with E-state index in [0.29, 0.717) is 30.3 Å². The fourth-order valence-corrected chi connectivity index (χ4v) is 3.07. The second-order valence-electron chi connectivity index (χ2n) is 5.42. The number of amides is 1. The molecule has 0 aromatic heterocycles. The Hall–Kier alpha value is -1.76. The molecule has 2 aromatic carbocycles. The molecule has 24 heavy (non-hydrogen) atoms. The Morgan fingerprint density at radius 1 is 1.08 bits per heavy atom. The Morgan fingerprint density at radius 2 is 1.79 bits per heavy atom. The third-order valence-corrected chi connectivity index (χ3v) is 4.30. The van der Waals surface area contributed by atoms with Gasteiger partial charge in [0.25, 0.3) is 5.91 Å². The first kappa shape index (κ1) is 18.6. The van der Waals surface area contributed by atoms with Gasteiger partial charge in [-0.1, -0.05) is 12.1 Å². The third-order valence-electron chi connectivity index (χ3n) is 3.50. The highest BCUT2D eigenvalue weighted by Crippen LogP contribution is 2.34. The van der Waals surface area contributed by atoms with Gasteiger partial charge in [-0.15, -0.1) is 0 Å². The molecular formula is C19H22INO3. The van der Waals surface area contributed by atoms with E-state index in [2.05, 4.69) is 27.9 Å². The van der Waals surface area contributed by atoms with Crippen molar-refractivity contribution in [2.24, 2.45) is 0 Å². The van der Waals surface area contributed by atoms with E-state index in [1.807, 2.05) is 52.0 Å². The van der Waals surface area contributed by atoms with Crippen molar-refractivity contribution >= 4 is 34.2 Å². The second kappa shape index (κ2) is 8.37. The first-order valence-corrected chi connectivity index (χ1v) is 9.01. The molecular weight excluding hydrogens is 417 g/mol. The summed E-state index contributed by atoms with van der Waals surface area (Å²) in [6, 6.07) is 9.54. The standard InChI is InChI=1S/C19H22INO3/c1-5-23-17-11-14(10-15(20)18(17)24-6-2)19(22)21-16-9-12(3)7-8-13(16)4/h7-11H,5-6H2,1-4H3,(H,21,22). The van der Waals surface area contributed by atoms with Gasteiger partial charge in [0, 0.05) is 11.3 Å². The lowest BCUT2D eigenvalue weighted by molar-refractivity contribution is 0.102. The van der Waals surface area contributed by atoms with Gasteiger partial charge < -0.3 is 14.8 Å². The van der Waals surface area contributed by atoms with E-state index in [-0.39, 0.29) is 5.91 Å². The molecule has 0 fully saturated rings. The van der Waals surface area contributed by atoms with Crippen molar-refractivity contribution < 1.29 is 14.3 Å². The minimum Gasteiger partial charge on any atom is -0.490 e. The molecule has 0 bridgehead atoms. The summed E-state index contributed by atoms with van der Waals surface area (Å²) in [5.41, 5.74) is 3.50. The number of carbonyl (C=O) groups is 1. The minimum absolute atomic E-state index is 0.161. The van der Waals surface area contributed by atoms with Crippen LogP contribution in [0.3, 0.4) is 0 Å². The number of rotatable bonds is 6. The normalized spacial score (nSPS) is 10.4. The Bertz CT molecular complexity index is 744. The Labute approximate surface area is 156 Å². The molecule has 0 saturated carbocycles. The average Bonchev–Trinajstić information content (AvgIpc) is 2.54. The lowest BCUT2D eigenvalue weighted by Gasteiger charge is -2.15. The van der Waals surface area contributed by atoms with Gasteiger partial charge >= 0.3 is 0 Å². The van der Waals surface area contributed by atoms with E-state index >= 15 is 0 Å². The van der Waals surface area contributed by atoms with Gasteiger partial charge in [0.15, 0.2) is 11.5 Å². The van der Waals surface area contributed by atoms with Gasteiger partial charge in [0.05, 0.1) is 16.8 Å². The molecule has 128 valence electrons. The maximum Gasteiger partial charge on any atom is 0.255 e. The molecule has 0 aliphatic heterocycles. The second-order valence-corrected chi connectivity index (χ2v) is 6.59. The fraction of sp³-hybridized carbons (Fsp3) is 0.316. The van der Waals surface area contributed by atoms with Crippen molar-refractivity contribution in [1.82, 2.24) is 0 Å². The molecule has 0 spiro atoms. The first-order chi connectivity index (χ1) is 11.5. The summed E-state index contributed by atoms with van der Waals surface area (Å²) in [5, 5.41) is 2.98. The van der Waals surface area contributed by atoms with Crippen molar-refractivity contribution in [2.45, 2.75) is 27.7 Å². The number of hydrogen-bond donors (Lipinski definition) is 1. The number of aryl methyl sites for hydroxylation is 2. The van der Waals surface area contributed by atoms with E-state index in [4.69, 9.17) is 9.47 Å². The monoisotopic (exact) mass is 439 g/mol. The molecule has 1 amide bonds. The Morgan fingerprint density at radius 3 is 2.46 bits per heavy atom. The van der Waals surface area contributed by atoms with Crippen LogP contribution in [0.25, 0.3) is 0 Å². The summed E-state index contributed by atoms with van der Waals surface area (Å²) in [5.74, 6) is 1.12. The molecule has 0 aliphatic carbocycles. The van der Waals surface area contributed by atoms with Crippen LogP contribution >= 0.6 is 22.6 Å². The number of ether oxygens (including phenoxy) is 2. The smallest absolute Gasteiger partial charge is 0.255 e. The van der Waals surface area contributed by atoms with Gasteiger partial charge in [-0.3, -0.25) is 4.79 Å². The summed E-state index contributed by atoms with van der Waals surface area (Å²) in [4.78, 5) is 12.6. The molecule has 5 heteroatoms. The van der Waals surface area contributed by atoms with Crippen molar-refractivity contribution in [3.63, 3.8) is 0 Å². The quantitative estimate of drug-likeness (QED) is 0.648. The van der Waals surface area contributed by atoms with Gasteiger partial charge in [-0.2, -0.15) is 0 Å². The van der Waals surface area contributed by atoms with E-state index in [0.717, 1.165) is 20.4 Å². The topological polar surface area (TPSA) is 47.6 Å². The van der Waals surface area contributed by atoms with Crippen LogP contribution in [-0.2, 0) is 0 Å². The van der Waals surface area contributed by atoms with Gasteiger partial charge in [0.2, 0.25) is 0 Å².